The Morgan fingerprint density at radius 1 is 1.10 bits per heavy atom. The predicted octanol–water partition coefficient (Wildman–Crippen LogP) is 2.70. The Hall–Kier alpha value is -2.97. The summed E-state index contributed by atoms with van der Waals surface area (Å²) >= 11 is 6.35. The van der Waals surface area contributed by atoms with Crippen LogP contribution in [0, 0.1) is 0 Å². The number of amides is 2. The highest BCUT2D eigenvalue weighted by atomic mass is 32.2. The van der Waals surface area contributed by atoms with Gasteiger partial charge >= 0.3 is 5.97 Å². The Morgan fingerprint density at radius 2 is 1.72 bits per heavy atom. The summed E-state index contributed by atoms with van der Waals surface area (Å²) in [5, 5.41) is 11.9. The number of carbonyl (C=O) groups is 3. The van der Waals surface area contributed by atoms with Crippen LogP contribution >= 0.6 is 24.0 Å². The van der Waals surface area contributed by atoms with Crippen LogP contribution in [0.1, 0.15) is 11.1 Å². The van der Waals surface area contributed by atoms with Crippen LogP contribution in [0.4, 0.5) is 0 Å². The third-order valence-electron chi connectivity index (χ3n) is 4.19. The van der Waals surface area contributed by atoms with Gasteiger partial charge < -0.3 is 10.4 Å². The summed E-state index contributed by atoms with van der Waals surface area (Å²) in [6.45, 7) is -0.324. The number of hydrogen-bond acceptors (Lipinski definition) is 5. The lowest BCUT2D eigenvalue weighted by Gasteiger charge is -2.18. The Labute approximate surface area is 177 Å². The molecule has 148 valence electrons. The first-order valence-electron chi connectivity index (χ1n) is 8.80. The van der Waals surface area contributed by atoms with Crippen molar-refractivity contribution in [2.75, 3.05) is 6.54 Å². The number of nitrogens with zero attached hydrogens (tertiary/aromatic N) is 1. The molecule has 6 nitrogen and oxygen atoms in total. The molecule has 1 aliphatic heterocycles. The van der Waals surface area contributed by atoms with Crippen LogP contribution in [0.25, 0.3) is 6.08 Å². The van der Waals surface area contributed by atoms with E-state index in [1.807, 2.05) is 36.4 Å². The van der Waals surface area contributed by atoms with Crippen molar-refractivity contribution >= 4 is 52.2 Å². The molecule has 2 amide bonds. The molecule has 0 saturated carbocycles. The van der Waals surface area contributed by atoms with Gasteiger partial charge in [0, 0.05) is 6.42 Å². The molecule has 3 rings (SSSR count). The van der Waals surface area contributed by atoms with Crippen LogP contribution in [-0.2, 0) is 20.8 Å². The Morgan fingerprint density at radius 3 is 2.34 bits per heavy atom. The SMILES string of the molecule is O=C(CN1C(=O)/C(=C/c2ccccc2)SC1=S)NC(Cc1ccccc1)C(=O)O. The van der Waals surface area contributed by atoms with E-state index in [-0.39, 0.29) is 23.2 Å². The van der Waals surface area contributed by atoms with Crippen molar-refractivity contribution in [3.05, 3.63) is 76.7 Å². The van der Waals surface area contributed by atoms with Crippen LogP contribution in [0.15, 0.2) is 65.6 Å². The molecule has 1 saturated heterocycles. The van der Waals surface area contributed by atoms with Crippen LogP contribution < -0.4 is 5.32 Å². The average Bonchev–Trinajstić information content (AvgIpc) is 2.96. The highest BCUT2D eigenvalue weighted by Gasteiger charge is 2.34. The van der Waals surface area contributed by atoms with E-state index < -0.39 is 17.9 Å². The third kappa shape index (κ3) is 5.52. The quantitative estimate of drug-likeness (QED) is 0.523. The van der Waals surface area contributed by atoms with Crippen molar-refractivity contribution in [1.82, 2.24) is 10.2 Å². The van der Waals surface area contributed by atoms with Gasteiger partial charge in [0.2, 0.25) is 5.91 Å². The molecule has 1 fully saturated rings. The molecule has 0 aromatic heterocycles. The number of hydrogen-bond donors (Lipinski definition) is 2. The van der Waals surface area contributed by atoms with Crippen molar-refractivity contribution < 1.29 is 19.5 Å². The van der Waals surface area contributed by atoms with E-state index in [0.717, 1.165) is 22.9 Å². The van der Waals surface area contributed by atoms with Gasteiger partial charge in [-0.25, -0.2) is 4.79 Å². The van der Waals surface area contributed by atoms with Crippen LogP contribution in [-0.4, -0.2) is 44.7 Å². The van der Waals surface area contributed by atoms with E-state index in [4.69, 9.17) is 12.2 Å². The minimum absolute atomic E-state index is 0.147. The molecule has 2 N–H and O–H groups in total. The zero-order chi connectivity index (χ0) is 20.8. The molecule has 0 aliphatic carbocycles. The second-order valence-electron chi connectivity index (χ2n) is 6.33. The Bertz CT molecular complexity index is 961. The number of rotatable bonds is 7. The molecule has 0 bridgehead atoms. The number of carboxylic acid groups (broad SMARTS) is 1. The highest BCUT2D eigenvalue weighted by molar-refractivity contribution is 8.26. The molecule has 1 aliphatic rings. The lowest BCUT2D eigenvalue weighted by atomic mass is 10.1. The van der Waals surface area contributed by atoms with E-state index in [1.54, 1.807) is 30.3 Å². The summed E-state index contributed by atoms with van der Waals surface area (Å²) < 4.78 is 0.266. The maximum atomic E-state index is 12.6. The third-order valence-corrected chi connectivity index (χ3v) is 5.57. The smallest absolute Gasteiger partial charge is 0.326 e. The standard InChI is InChI=1S/C21H18N2O4S2/c24-18(22-16(20(26)27)11-14-7-3-1-4-8-14)13-23-19(25)17(29-21(23)28)12-15-9-5-2-6-10-15/h1-10,12,16H,11,13H2,(H,22,24)(H,26,27)/b17-12-. The second-order valence-corrected chi connectivity index (χ2v) is 8.00. The summed E-state index contributed by atoms with van der Waals surface area (Å²) in [6.07, 6.45) is 1.86. The van der Waals surface area contributed by atoms with E-state index in [9.17, 15) is 19.5 Å². The zero-order valence-electron chi connectivity index (χ0n) is 15.3. The monoisotopic (exact) mass is 426 g/mol. The lowest BCUT2D eigenvalue weighted by molar-refractivity contribution is -0.142. The first kappa shape index (κ1) is 20.8. The van der Waals surface area contributed by atoms with Crippen LogP contribution in [0.5, 0.6) is 0 Å². The molecule has 2 aromatic rings. The fourth-order valence-corrected chi connectivity index (χ4v) is 4.03. The van der Waals surface area contributed by atoms with Gasteiger partial charge in [-0.1, -0.05) is 84.6 Å². The maximum absolute atomic E-state index is 12.6. The molecule has 1 atom stereocenters. The van der Waals surface area contributed by atoms with E-state index >= 15 is 0 Å². The molecule has 2 aromatic carbocycles. The first-order chi connectivity index (χ1) is 13.9. The number of thiocarbonyl (C=S) groups is 1. The first-order valence-corrected chi connectivity index (χ1v) is 10.0. The van der Waals surface area contributed by atoms with Crippen molar-refractivity contribution in [2.24, 2.45) is 0 Å². The number of nitrogens with one attached hydrogen (secondary N) is 1. The minimum Gasteiger partial charge on any atom is -0.480 e. The van der Waals surface area contributed by atoms with Gasteiger partial charge in [-0.3, -0.25) is 14.5 Å². The molecule has 0 spiro atoms. The fourth-order valence-electron chi connectivity index (χ4n) is 2.77. The number of carboxylic acids is 1. The molecule has 1 heterocycles. The van der Waals surface area contributed by atoms with Gasteiger partial charge in [0.05, 0.1) is 4.91 Å². The fraction of sp³-hybridized carbons (Fsp3) is 0.143. The second kappa shape index (κ2) is 9.49. The molecular weight excluding hydrogens is 408 g/mol. The van der Waals surface area contributed by atoms with Crippen LogP contribution in [0.3, 0.4) is 0 Å². The van der Waals surface area contributed by atoms with Crippen molar-refractivity contribution in [1.29, 1.82) is 0 Å². The van der Waals surface area contributed by atoms with Crippen molar-refractivity contribution in [3.63, 3.8) is 0 Å². The number of thioether (sulfide) groups is 1. The summed E-state index contributed by atoms with van der Waals surface area (Å²) in [5.41, 5.74) is 1.64. The van der Waals surface area contributed by atoms with E-state index in [0.29, 0.717) is 4.91 Å². The molecular formula is C21H18N2O4S2. The number of benzene rings is 2. The van der Waals surface area contributed by atoms with Gasteiger partial charge in [0.1, 0.15) is 16.9 Å². The minimum atomic E-state index is -1.14. The van der Waals surface area contributed by atoms with Gasteiger partial charge in [-0.05, 0) is 17.2 Å². The molecule has 29 heavy (non-hydrogen) atoms. The summed E-state index contributed by atoms with van der Waals surface area (Å²) in [6, 6.07) is 17.2. The molecule has 0 radical (unpaired) electrons. The predicted molar refractivity (Wildman–Crippen MR) is 116 cm³/mol. The zero-order valence-corrected chi connectivity index (χ0v) is 16.9. The summed E-state index contributed by atoms with van der Waals surface area (Å²) in [5.74, 6) is -2.09. The Balaban J connectivity index is 1.64. The lowest BCUT2D eigenvalue weighted by Crippen LogP contribution is -2.47. The molecule has 8 heteroatoms. The van der Waals surface area contributed by atoms with Crippen molar-refractivity contribution in [3.8, 4) is 0 Å². The van der Waals surface area contributed by atoms with Crippen molar-refractivity contribution in [2.45, 2.75) is 12.5 Å². The summed E-state index contributed by atoms with van der Waals surface area (Å²) in [7, 11) is 0. The average molecular weight is 427 g/mol. The van der Waals surface area contributed by atoms with E-state index in [2.05, 4.69) is 5.32 Å². The molecule has 1 unspecified atom stereocenters. The number of aliphatic carboxylic acids is 1. The van der Waals surface area contributed by atoms with Gasteiger partial charge in [0.25, 0.3) is 5.91 Å². The van der Waals surface area contributed by atoms with Crippen LogP contribution in [0.2, 0.25) is 0 Å². The summed E-state index contributed by atoms with van der Waals surface area (Å²) in [4.78, 5) is 38.2. The largest absolute Gasteiger partial charge is 0.480 e. The number of carbonyl (C=O) groups excluding carboxylic acids is 2. The van der Waals surface area contributed by atoms with Gasteiger partial charge in [-0.15, -0.1) is 0 Å². The van der Waals surface area contributed by atoms with E-state index in [1.165, 1.54) is 4.90 Å². The van der Waals surface area contributed by atoms with Gasteiger partial charge in [-0.2, -0.15) is 0 Å². The Kier molecular flexibility index (Phi) is 6.79. The normalized spacial score (nSPS) is 16.1. The topological polar surface area (TPSA) is 86.7 Å². The van der Waals surface area contributed by atoms with Gasteiger partial charge in [0.15, 0.2) is 0 Å². The highest BCUT2D eigenvalue weighted by Crippen LogP contribution is 2.32. The maximum Gasteiger partial charge on any atom is 0.326 e.